The van der Waals surface area contributed by atoms with Gasteiger partial charge in [-0.3, -0.25) is 4.79 Å². The van der Waals surface area contributed by atoms with E-state index in [0.29, 0.717) is 22.4 Å². The number of aliphatic hydroxyl groups excluding tert-OH is 1. The third-order valence-electron chi connectivity index (χ3n) is 2.54. The van der Waals surface area contributed by atoms with E-state index in [2.05, 4.69) is 5.32 Å². The summed E-state index contributed by atoms with van der Waals surface area (Å²) in [7, 11) is 0. The van der Waals surface area contributed by atoms with Gasteiger partial charge in [-0.15, -0.1) is 0 Å². The van der Waals surface area contributed by atoms with Crippen LogP contribution < -0.4 is 10.1 Å². The van der Waals surface area contributed by atoms with Crippen LogP contribution in [0.1, 0.15) is 18.4 Å². The first-order valence-corrected chi connectivity index (χ1v) is 5.89. The summed E-state index contributed by atoms with van der Waals surface area (Å²) in [6.07, 6.45) is 2.09. The highest BCUT2D eigenvalue weighted by atomic mass is 35.5. The van der Waals surface area contributed by atoms with Gasteiger partial charge in [-0.2, -0.15) is 0 Å². The minimum Gasteiger partial charge on any atom is -0.483 e. The lowest BCUT2D eigenvalue weighted by atomic mass is 10.2. The number of carbonyl (C=O) groups is 1. The first kappa shape index (κ1) is 12.2. The maximum Gasteiger partial charge on any atom is 0.258 e. The van der Waals surface area contributed by atoms with Crippen LogP contribution >= 0.6 is 11.6 Å². The molecule has 1 aromatic rings. The van der Waals surface area contributed by atoms with E-state index in [1.54, 1.807) is 18.2 Å². The Kier molecular flexibility index (Phi) is 3.86. The number of benzene rings is 1. The second-order valence-corrected chi connectivity index (χ2v) is 4.41. The van der Waals surface area contributed by atoms with Crippen LogP contribution in [0.4, 0.5) is 0 Å². The van der Waals surface area contributed by atoms with Gasteiger partial charge in [0.2, 0.25) is 0 Å². The van der Waals surface area contributed by atoms with Crippen LogP contribution in [0.15, 0.2) is 18.2 Å². The third-order valence-corrected chi connectivity index (χ3v) is 2.89. The van der Waals surface area contributed by atoms with Gasteiger partial charge >= 0.3 is 0 Å². The van der Waals surface area contributed by atoms with Crippen molar-refractivity contribution >= 4 is 17.5 Å². The molecule has 1 aromatic carbocycles. The number of amides is 1. The standard InChI is InChI=1S/C12H14ClNO3/c13-10-2-1-3-11(9(10)6-15)17-7-12(16)14-8-4-5-8/h1-3,8,15H,4-7H2,(H,14,16). The summed E-state index contributed by atoms with van der Waals surface area (Å²) >= 11 is 5.90. The molecular formula is C12H14ClNO3. The van der Waals surface area contributed by atoms with Gasteiger partial charge in [0.1, 0.15) is 5.75 Å². The van der Waals surface area contributed by atoms with Crippen LogP contribution in [0.5, 0.6) is 5.75 Å². The topological polar surface area (TPSA) is 58.6 Å². The summed E-state index contributed by atoms with van der Waals surface area (Å²) in [5.74, 6) is 0.308. The zero-order valence-electron chi connectivity index (χ0n) is 9.28. The molecule has 0 bridgehead atoms. The monoisotopic (exact) mass is 255 g/mol. The van der Waals surface area contributed by atoms with Crippen LogP contribution in [-0.2, 0) is 11.4 Å². The average Bonchev–Trinajstić information content (AvgIpc) is 3.10. The number of nitrogens with one attached hydrogen (secondary N) is 1. The molecule has 0 atom stereocenters. The van der Waals surface area contributed by atoms with E-state index >= 15 is 0 Å². The molecule has 1 saturated carbocycles. The fourth-order valence-electron chi connectivity index (χ4n) is 1.47. The first-order chi connectivity index (χ1) is 8.20. The molecule has 5 heteroatoms. The number of rotatable bonds is 5. The van der Waals surface area contributed by atoms with Crippen molar-refractivity contribution in [3.8, 4) is 5.75 Å². The van der Waals surface area contributed by atoms with E-state index in [-0.39, 0.29) is 19.1 Å². The van der Waals surface area contributed by atoms with Gasteiger partial charge in [-0.25, -0.2) is 0 Å². The summed E-state index contributed by atoms with van der Waals surface area (Å²) in [4.78, 5) is 11.4. The summed E-state index contributed by atoms with van der Waals surface area (Å²) in [5.41, 5.74) is 0.508. The van der Waals surface area contributed by atoms with Gasteiger partial charge in [-0.05, 0) is 25.0 Å². The summed E-state index contributed by atoms with van der Waals surface area (Å²) in [6, 6.07) is 5.39. The second kappa shape index (κ2) is 5.38. The highest BCUT2D eigenvalue weighted by molar-refractivity contribution is 6.31. The second-order valence-electron chi connectivity index (χ2n) is 4.01. The van der Waals surface area contributed by atoms with Gasteiger partial charge < -0.3 is 15.2 Å². The molecule has 4 nitrogen and oxygen atoms in total. The molecule has 1 aliphatic rings. The lowest BCUT2D eigenvalue weighted by Crippen LogP contribution is -2.30. The summed E-state index contributed by atoms with van der Waals surface area (Å²) < 4.78 is 5.34. The Morgan fingerprint density at radius 3 is 2.94 bits per heavy atom. The Balaban J connectivity index is 1.93. The maximum atomic E-state index is 11.4. The predicted octanol–water partition coefficient (Wildman–Crippen LogP) is 1.49. The SMILES string of the molecule is O=C(COc1cccc(Cl)c1CO)NC1CC1. The molecule has 0 aliphatic heterocycles. The van der Waals surface area contributed by atoms with Gasteiger partial charge in [0.05, 0.1) is 6.61 Å². The molecule has 0 aromatic heterocycles. The van der Waals surface area contributed by atoms with Gasteiger partial charge in [0.25, 0.3) is 5.91 Å². The zero-order valence-corrected chi connectivity index (χ0v) is 10.0. The highest BCUT2D eigenvalue weighted by Crippen LogP contribution is 2.26. The Labute approximate surface area is 105 Å². The van der Waals surface area contributed by atoms with Crippen molar-refractivity contribution in [3.05, 3.63) is 28.8 Å². The summed E-state index contributed by atoms with van der Waals surface area (Å²) in [6.45, 7) is -0.261. The molecule has 0 unspecified atom stereocenters. The molecule has 0 saturated heterocycles. The minimum atomic E-state index is -0.209. The fraction of sp³-hybridized carbons (Fsp3) is 0.417. The van der Waals surface area contributed by atoms with E-state index in [9.17, 15) is 4.79 Å². The van der Waals surface area contributed by atoms with Gasteiger partial charge in [-0.1, -0.05) is 17.7 Å². The molecule has 2 rings (SSSR count). The van der Waals surface area contributed by atoms with Crippen LogP contribution in [0, 0.1) is 0 Å². The Morgan fingerprint density at radius 2 is 2.29 bits per heavy atom. The van der Waals surface area contributed by atoms with Crippen molar-refractivity contribution in [2.75, 3.05) is 6.61 Å². The number of ether oxygens (including phenoxy) is 1. The van der Waals surface area contributed by atoms with E-state index in [1.807, 2.05) is 0 Å². The normalized spacial score (nSPS) is 14.5. The Morgan fingerprint density at radius 1 is 1.53 bits per heavy atom. The minimum absolute atomic E-state index is 0.0517. The lowest BCUT2D eigenvalue weighted by molar-refractivity contribution is -0.123. The van der Waals surface area contributed by atoms with E-state index in [1.165, 1.54) is 0 Å². The quantitative estimate of drug-likeness (QED) is 0.838. The Hall–Kier alpha value is -1.26. The lowest BCUT2D eigenvalue weighted by Gasteiger charge is -2.11. The van der Waals surface area contributed by atoms with Crippen LogP contribution in [0.25, 0.3) is 0 Å². The van der Waals surface area contributed by atoms with E-state index in [4.69, 9.17) is 21.4 Å². The largest absolute Gasteiger partial charge is 0.483 e. The van der Waals surface area contributed by atoms with Crippen molar-refractivity contribution in [1.82, 2.24) is 5.32 Å². The number of hydrogen-bond acceptors (Lipinski definition) is 3. The van der Waals surface area contributed by atoms with E-state index < -0.39 is 0 Å². The summed E-state index contributed by atoms with van der Waals surface area (Å²) in [5, 5.41) is 12.4. The average molecular weight is 256 g/mol. The molecule has 0 radical (unpaired) electrons. The van der Waals surface area contributed by atoms with Crippen molar-refractivity contribution < 1.29 is 14.6 Å². The molecule has 1 aliphatic carbocycles. The molecule has 92 valence electrons. The van der Waals surface area contributed by atoms with Crippen molar-refractivity contribution in [3.63, 3.8) is 0 Å². The Bertz CT molecular complexity index is 418. The molecule has 0 spiro atoms. The fourth-order valence-corrected chi connectivity index (χ4v) is 1.69. The molecule has 1 amide bonds. The van der Waals surface area contributed by atoms with Crippen molar-refractivity contribution in [2.24, 2.45) is 0 Å². The number of carbonyl (C=O) groups excluding carboxylic acids is 1. The van der Waals surface area contributed by atoms with Crippen molar-refractivity contribution in [1.29, 1.82) is 0 Å². The molecule has 1 fully saturated rings. The predicted molar refractivity (Wildman–Crippen MR) is 64.0 cm³/mol. The smallest absolute Gasteiger partial charge is 0.258 e. The molecule has 17 heavy (non-hydrogen) atoms. The van der Waals surface area contributed by atoms with Crippen LogP contribution in [-0.4, -0.2) is 23.7 Å². The zero-order chi connectivity index (χ0) is 12.3. The first-order valence-electron chi connectivity index (χ1n) is 5.51. The number of aliphatic hydroxyl groups is 1. The number of hydrogen-bond donors (Lipinski definition) is 2. The van der Waals surface area contributed by atoms with Crippen LogP contribution in [0.2, 0.25) is 5.02 Å². The van der Waals surface area contributed by atoms with Crippen LogP contribution in [0.3, 0.4) is 0 Å². The molecule has 2 N–H and O–H groups in total. The highest BCUT2D eigenvalue weighted by Gasteiger charge is 2.23. The number of halogens is 1. The molecule has 0 heterocycles. The van der Waals surface area contributed by atoms with E-state index in [0.717, 1.165) is 12.8 Å². The van der Waals surface area contributed by atoms with Gasteiger partial charge in [0.15, 0.2) is 6.61 Å². The molecular weight excluding hydrogens is 242 g/mol. The third kappa shape index (κ3) is 3.35. The van der Waals surface area contributed by atoms with Gasteiger partial charge in [0, 0.05) is 16.6 Å². The maximum absolute atomic E-state index is 11.4. The van der Waals surface area contributed by atoms with Crippen molar-refractivity contribution in [2.45, 2.75) is 25.5 Å².